The van der Waals surface area contributed by atoms with Gasteiger partial charge in [0.25, 0.3) is 11.7 Å². The fourth-order valence-corrected chi connectivity index (χ4v) is 4.42. The van der Waals surface area contributed by atoms with Gasteiger partial charge in [0.2, 0.25) is 0 Å². The predicted molar refractivity (Wildman–Crippen MR) is 127 cm³/mol. The van der Waals surface area contributed by atoms with E-state index < -0.39 is 23.5 Å². The Kier molecular flexibility index (Phi) is 7.67. The first-order chi connectivity index (χ1) is 16.9. The maximum Gasteiger partial charge on any atom is 0.295 e. The summed E-state index contributed by atoms with van der Waals surface area (Å²) in [5, 5.41) is 11.1. The molecule has 1 unspecified atom stereocenters. The minimum atomic E-state index is -0.842. The van der Waals surface area contributed by atoms with E-state index in [1.165, 1.54) is 36.3 Å². The molecule has 0 aliphatic carbocycles. The standard InChI is InChI=1S/C26H29FN2O6/c1-3-35-20-9-6-18(16-21(20)33-2)23-22(24(30)17-4-7-19(27)8-5-17)25(31)26(32)29(23)11-10-28-12-14-34-15-13-28/h4-9,16,23,30H,3,10-15H2,1-2H3/b24-22-. The second-order valence-electron chi connectivity index (χ2n) is 8.30. The summed E-state index contributed by atoms with van der Waals surface area (Å²) >= 11 is 0. The van der Waals surface area contributed by atoms with Crippen molar-refractivity contribution in [3.63, 3.8) is 0 Å². The Morgan fingerprint density at radius 2 is 1.80 bits per heavy atom. The summed E-state index contributed by atoms with van der Waals surface area (Å²) in [6.45, 7) is 5.84. The normalized spacial score (nSPS) is 20.3. The molecule has 0 radical (unpaired) electrons. The number of likely N-dealkylation sites (tertiary alicyclic amines) is 1. The fourth-order valence-electron chi connectivity index (χ4n) is 4.42. The molecule has 186 valence electrons. The van der Waals surface area contributed by atoms with E-state index in [0.717, 1.165) is 13.1 Å². The molecule has 0 aromatic heterocycles. The first-order valence-corrected chi connectivity index (χ1v) is 11.6. The number of halogens is 1. The number of Topliss-reactive ketones (excluding diaryl/α,β-unsaturated/α-hetero) is 1. The molecule has 1 N–H and O–H groups in total. The van der Waals surface area contributed by atoms with Crippen molar-refractivity contribution in [2.24, 2.45) is 0 Å². The highest BCUT2D eigenvalue weighted by atomic mass is 19.1. The Bertz CT molecular complexity index is 1110. The van der Waals surface area contributed by atoms with Crippen LogP contribution in [-0.2, 0) is 14.3 Å². The van der Waals surface area contributed by atoms with E-state index in [9.17, 15) is 19.1 Å². The zero-order valence-electron chi connectivity index (χ0n) is 19.8. The maximum absolute atomic E-state index is 13.5. The topological polar surface area (TPSA) is 88.5 Å². The number of amides is 1. The number of aliphatic hydroxyl groups is 1. The number of ketones is 1. The van der Waals surface area contributed by atoms with Crippen LogP contribution in [-0.4, -0.2) is 79.7 Å². The molecule has 2 fully saturated rings. The van der Waals surface area contributed by atoms with Crippen molar-refractivity contribution in [3.05, 3.63) is 65.0 Å². The van der Waals surface area contributed by atoms with Crippen molar-refractivity contribution in [3.8, 4) is 11.5 Å². The van der Waals surface area contributed by atoms with Crippen LogP contribution in [0.4, 0.5) is 4.39 Å². The van der Waals surface area contributed by atoms with Gasteiger partial charge in [0.1, 0.15) is 11.6 Å². The SMILES string of the molecule is CCOc1ccc(C2/C(=C(/O)c3ccc(F)cc3)C(=O)C(=O)N2CCN2CCOCC2)cc1OC. The number of hydrogen-bond acceptors (Lipinski definition) is 7. The Hall–Kier alpha value is -3.43. The number of nitrogens with zero attached hydrogens (tertiary/aromatic N) is 2. The van der Waals surface area contributed by atoms with E-state index in [1.54, 1.807) is 18.2 Å². The lowest BCUT2D eigenvalue weighted by molar-refractivity contribution is -0.140. The molecule has 2 heterocycles. The van der Waals surface area contributed by atoms with Gasteiger partial charge in [-0.3, -0.25) is 14.5 Å². The molecule has 0 bridgehead atoms. The van der Waals surface area contributed by atoms with Gasteiger partial charge in [-0.2, -0.15) is 0 Å². The molecular weight excluding hydrogens is 455 g/mol. The molecule has 0 saturated carbocycles. The fraction of sp³-hybridized carbons (Fsp3) is 0.385. The number of morpholine rings is 1. The summed E-state index contributed by atoms with van der Waals surface area (Å²) in [7, 11) is 1.51. The molecule has 8 nitrogen and oxygen atoms in total. The number of carbonyl (C=O) groups is 2. The van der Waals surface area contributed by atoms with Crippen molar-refractivity contribution < 1.29 is 33.3 Å². The Morgan fingerprint density at radius 1 is 1.09 bits per heavy atom. The number of benzene rings is 2. The Labute approximate surface area is 203 Å². The van der Waals surface area contributed by atoms with Crippen LogP contribution in [0.3, 0.4) is 0 Å². The van der Waals surface area contributed by atoms with Crippen LogP contribution in [0.1, 0.15) is 24.1 Å². The predicted octanol–water partition coefficient (Wildman–Crippen LogP) is 2.99. The summed E-state index contributed by atoms with van der Waals surface area (Å²) in [5.74, 6) is -1.32. The maximum atomic E-state index is 13.5. The monoisotopic (exact) mass is 484 g/mol. The van der Waals surface area contributed by atoms with E-state index in [1.807, 2.05) is 6.92 Å². The number of methoxy groups -OCH3 is 1. The van der Waals surface area contributed by atoms with E-state index in [4.69, 9.17) is 14.2 Å². The van der Waals surface area contributed by atoms with E-state index in [2.05, 4.69) is 4.90 Å². The van der Waals surface area contributed by atoms with Gasteiger partial charge in [-0.1, -0.05) is 6.07 Å². The third-order valence-electron chi connectivity index (χ3n) is 6.22. The van der Waals surface area contributed by atoms with Crippen LogP contribution in [0, 0.1) is 5.82 Å². The quantitative estimate of drug-likeness (QED) is 0.350. The zero-order chi connectivity index (χ0) is 24.9. The van der Waals surface area contributed by atoms with Crippen LogP contribution in [0.5, 0.6) is 11.5 Å². The second kappa shape index (κ2) is 10.9. The molecule has 1 amide bonds. The number of rotatable bonds is 8. The molecule has 1 atom stereocenters. The highest BCUT2D eigenvalue weighted by Crippen LogP contribution is 2.42. The van der Waals surface area contributed by atoms with E-state index in [-0.39, 0.29) is 23.4 Å². The average Bonchev–Trinajstić information content (AvgIpc) is 3.13. The molecule has 2 aliphatic heterocycles. The molecule has 2 aromatic carbocycles. The van der Waals surface area contributed by atoms with Crippen molar-refractivity contribution in [1.29, 1.82) is 0 Å². The number of aliphatic hydroxyl groups excluding tert-OH is 1. The lowest BCUT2D eigenvalue weighted by atomic mass is 9.95. The average molecular weight is 485 g/mol. The molecule has 9 heteroatoms. The van der Waals surface area contributed by atoms with Gasteiger partial charge >= 0.3 is 0 Å². The van der Waals surface area contributed by atoms with Crippen LogP contribution in [0.15, 0.2) is 48.0 Å². The Balaban J connectivity index is 1.77. The summed E-state index contributed by atoms with van der Waals surface area (Å²) in [5.41, 5.74) is 0.797. The van der Waals surface area contributed by atoms with Gasteiger partial charge in [-0.05, 0) is 48.9 Å². The summed E-state index contributed by atoms with van der Waals surface area (Å²) in [6, 6.07) is 9.48. The van der Waals surface area contributed by atoms with Gasteiger partial charge < -0.3 is 24.2 Å². The van der Waals surface area contributed by atoms with Crippen molar-refractivity contribution >= 4 is 17.4 Å². The van der Waals surface area contributed by atoms with Gasteiger partial charge in [0.15, 0.2) is 11.5 Å². The van der Waals surface area contributed by atoms with Gasteiger partial charge in [-0.25, -0.2) is 4.39 Å². The van der Waals surface area contributed by atoms with Crippen LogP contribution in [0.25, 0.3) is 5.76 Å². The molecule has 2 aromatic rings. The van der Waals surface area contributed by atoms with E-state index >= 15 is 0 Å². The smallest absolute Gasteiger partial charge is 0.295 e. The lowest BCUT2D eigenvalue weighted by Gasteiger charge is -2.31. The third-order valence-corrected chi connectivity index (χ3v) is 6.22. The zero-order valence-corrected chi connectivity index (χ0v) is 19.8. The molecule has 35 heavy (non-hydrogen) atoms. The summed E-state index contributed by atoms with van der Waals surface area (Å²) in [4.78, 5) is 30.0. The van der Waals surface area contributed by atoms with Crippen LogP contribution in [0.2, 0.25) is 0 Å². The summed E-state index contributed by atoms with van der Waals surface area (Å²) in [6.07, 6.45) is 0. The molecule has 0 spiro atoms. The van der Waals surface area contributed by atoms with Crippen molar-refractivity contribution in [2.75, 3.05) is 53.1 Å². The van der Waals surface area contributed by atoms with Crippen LogP contribution >= 0.6 is 0 Å². The number of hydrogen-bond donors (Lipinski definition) is 1. The van der Waals surface area contributed by atoms with Gasteiger partial charge in [0, 0.05) is 31.7 Å². The lowest BCUT2D eigenvalue weighted by Crippen LogP contribution is -2.42. The van der Waals surface area contributed by atoms with Gasteiger partial charge in [-0.15, -0.1) is 0 Å². The largest absolute Gasteiger partial charge is 0.507 e. The highest BCUT2D eigenvalue weighted by Gasteiger charge is 2.46. The molecule has 2 aliphatic rings. The molecule has 2 saturated heterocycles. The van der Waals surface area contributed by atoms with Crippen molar-refractivity contribution in [2.45, 2.75) is 13.0 Å². The Morgan fingerprint density at radius 3 is 2.46 bits per heavy atom. The van der Waals surface area contributed by atoms with Crippen LogP contribution < -0.4 is 9.47 Å². The van der Waals surface area contributed by atoms with Crippen molar-refractivity contribution in [1.82, 2.24) is 9.80 Å². The minimum absolute atomic E-state index is 0.0465. The summed E-state index contributed by atoms with van der Waals surface area (Å²) < 4.78 is 29.9. The second-order valence-corrected chi connectivity index (χ2v) is 8.30. The first kappa shape index (κ1) is 24.7. The number of ether oxygens (including phenoxy) is 3. The first-order valence-electron chi connectivity index (χ1n) is 11.6. The number of carbonyl (C=O) groups excluding carboxylic acids is 2. The third kappa shape index (κ3) is 5.16. The highest BCUT2D eigenvalue weighted by molar-refractivity contribution is 6.46. The van der Waals surface area contributed by atoms with E-state index in [0.29, 0.717) is 43.4 Å². The minimum Gasteiger partial charge on any atom is -0.507 e. The molecular formula is C26H29FN2O6. The van der Waals surface area contributed by atoms with Gasteiger partial charge in [0.05, 0.1) is 38.5 Å². The molecule has 4 rings (SSSR count).